The molecule has 80 valence electrons. The van der Waals surface area contributed by atoms with Gasteiger partial charge < -0.3 is 10.8 Å². The van der Waals surface area contributed by atoms with E-state index in [9.17, 15) is 13.6 Å². The van der Waals surface area contributed by atoms with E-state index in [0.717, 1.165) is 6.07 Å². The average Bonchev–Trinajstić information content (AvgIpc) is 2.20. The molecule has 0 radical (unpaired) electrons. The molecule has 0 fully saturated rings. The fraction of sp³-hybridized carbons (Fsp3) is 0.100. The summed E-state index contributed by atoms with van der Waals surface area (Å²) in [5, 5.41) is 8.51. The van der Waals surface area contributed by atoms with Crippen molar-refractivity contribution in [3.8, 4) is 0 Å². The number of carbonyl (C=O) groups is 1. The normalized spacial score (nSPS) is 10.9. The number of rotatable bonds is 3. The summed E-state index contributed by atoms with van der Waals surface area (Å²) in [6.07, 6.45) is 2.74. The summed E-state index contributed by atoms with van der Waals surface area (Å²) >= 11 is 0. The van der Waals surface area contributed by atoms with Crippen LogP contribution >= 0.6 is 0 Å². The van der Waals surface area contributed by atoms with E-state index in [-0.39, 0.29) is 12.1 Å². The fourth-order valence-corrected chi connectivity index (χ4v) is 1.05. The van der Waals surface area contributed by atoms with Gasteiger partial charge in [-0.05, 0) is 6.07 Å². The minimum absolute atomic E-state index is 0.0250. The molecular formula is C10H9F2NO2. The molecule has 3 nitrogen and oxygen atoms in total. The molecule has 0 spiro atoms. The standard InChI is InChI=1S/C10H9F2NO2/c11-8-6(2-1-5-13)3-4-7(9(8)12)10(14)15/h1-4H,5,13H2,(H,14,15)/b2-1+. The van der Waals surface area contributed by atoms with Crippen molar-refractivity contribution in [2.24, 2.45) is 5.73 Å². The van der Waals surface area contributed by atoms with Crippen LogP contribution in [-0.4, -0.2) is 17.6 Å². The highest BCUT2D eigenvalue weighted by molar-refractivity contribution is 5.88. The quantitative estimate of drug-likeness (QED) is 0.802. The van der Waals surface area contributed by atoms with E-state index in [1.165, 1.54) is 18.2 Å². The Morgan fingerprint density at radius 2 is 2.07 bits per heavy atom. The number of aromatic carboxylic acids is 1. The lowest BCUT2D eigenvalue weighted by Crippen LogP contribution is -2.04. The van der Waals surface area contributed by atoms with Gasteiger partial charge in [0.1, 0.15) is 0 Å². The third kappa shape index (κ3) is 2.38. The minimum atomic E-state index is -1.50. The monoisotopic (exact) mass is 213 g/mol. The number of hydrogen-bond acceptors (Lipinski definition) is 2. The molecular weight excluding hydrogens is 204 g/mol. The maximum absolute atomic E-state index is 13.2. The van der Waals surface area contributed by atoms with E-state index in [1.807, 2.05) is 0 Å². The van der Waals surface area contributed by atoms with Crippen molar-refractivity contribution in [1.82, 2.24) is 0 Å². The van der Waals surface area contributed by atoms with Gasteiger partial charge in [-0.15, -0.1) is 0 Å². The lowest BCUT2D eigenvalue weighted by molar-refractivity contribution is 0.0690. The van der Waals surface area contributed by atoms with Gasteiger partial charge in [-0.1, -0.05) is 18.2 Å². The van der Waals surface area contributed by atoms with Crippen LogP contribution in [0.3, 0.4) is 0 Å². The lowest BCUT2D eigenvalue weighted by Gasteiger charge is -2.01. The molecule has 0 aliphatic rings. The predicted molar refractivity (Wildman–Crippen MR) is 51.4 cm³/mol. The Balaban J connectivity index is 3.21. The van der Waals surface area contributed by atoms with Crippen molar-refractivity contribution in [1.29, 1.82) is 0 Å². The van der Waals surface area contributed by atoms with Crippen LogP contribution in [0.5, 0.6) is 0 Å². The van der Waals surface area contributed by atoms with E-state index in [4.69, 9.17) is 10.8 Å². The molecule has 0 aliphatic carbocycles. The second-order valence-electron chi connectivity index (χ2n) is 2.77. The molecule has 0 aliphatic heterocycles. The number of carboxylic acid groups (broad SMARTS) is 1. The smallest absolute Gasteiger partial charge is 0.338 e. The van der Waals surface area contributed by atoms with E-state index in [1.54, 1.807) is 0 Å². The third-order valence-electron chi connectivity index (χ3n) is 1.78. The zero-order valence-electron chi connectivity index (χ0n) is 7.71. The molecule has 15 heavy (non-hydrogen) atoms. The van der Waals surface area contributed by atoms with Crippen LogP contribution in [0.25, 0.3) is 6.08 Å². The largest absolute Gasteiger partial charge is 0.478 e. The summed E-state index contributed by atoms with van der Waals surface area (Å²) in [6.45, 7) is 0.196. The molecule has 0 aromatic heterocycles. The summed E-state index contributed by atoms with van der Waals surface area (Å²) in [7, 11) is 0. The number of nitrogens with two attached hydrogens (primary N) is 1. The van der Waals surface area contributed by atoms with Crippen LogP contribution in [0, 0.1) is 11.6 Å². The second-order valence-corrected chi connectivity index (χ2v) is 2.77. The number of hydrogen-bond donors (Lipinski definition) is 2. The second kappa shape index (κ2) is 4.65. The van der Waals surface area contributed by atoms with Gasteiger partial charge in [0.25, 0.3) is 0 Å². The summed E-state index contributed by atoms with van der Waals surface area (Å²) in [4.78, 5) is 10.5. The van der Waals surface area contributed by atoms with Gasteiger partial charge >= 0.3 is 5.97 Å². The Kier molecular flexibility index (Phi) is 3.51. The molecule has 3 N–H and O–H groups in total. The van der Waals surface area contributed by atoms with E-state index < -0.39 is 23.2 Å². The van der Waals surface area contributed by atoms with Crippen LogP contribution in [-0.2, 0) is 0 Å². The molecule has 0 saturated carbocycles. The highest BCUT2D eigenvalue weighted by atomic mass is 19.2. The first kappa shape index (κ1) is 11.3. The van der Waals surface area contributed by atoms with Gasteiger partial charge in [0.05, 0.1) is 5.56 Å². The van der Waals surface area contributed by atoms with Gasteiger partial charge in [-0.3, -0.25) is 0 Å². The third-order valence-corrected chi connectivity index (χ3v) is 1.78. The molecule has 1 rings (SSSR count). The number of benzene rings is 1. The number of carboxylic acids is 1. The van der Waals surface area contributed by atoms with Gasteiger partial charge in [0, 0.05) is 12.1 Å². The lowest BCUT2D eigenvalue weighted by atomic mass is 10.1. The summed E-state index contributed by atoms with van der Waals surface area (Å²) < 4.78 is 26.3. The first-order valence-electron chi connectivity index (χ1n) is 4.15. The van der Waals surface area contributed by atoms with E-state index >= 15 is 0 Å². The Bertz CT molecular complexity index is 416. The zero-order chi connectivity index (χ0) is 11.4. The highest BCUT2D eigenvalue weighted by Crippen LogP contribution is 2.17. The first-order valence-corrected chi connectivity index (χ1v) is 4.15. The van der Waals surface area contributed by atoms with Crippen molar-refractivity contribution in [3.05, 3.63) is 41.0 Å². The summed E-state index contributed by atoms with van der Waals surface area (Å²) in [5.41, 5.74) is 4.44. The topological polar surface area (TPSA) is 63.3 Å². The fourth-order valence-electron chi connectivity index (χ4n) is 1.05. The maximum atomic E-state index is 13.2. The SMILES string of the molecule is NC/C=C/c1ccc(C(=O)O)c(F)c1F. The molecule has 0 saturated heterocycles. The Morgan fingerprint density at radius 3 is 2.60 bits per heavy atom. The molecule has 0 unspecified atom stereocenters. The van der Waals surface area contributed by atoms with Gasteiger partial charge in [-0.25, -0.2) is 13.6 Å². The van der Waals surface area contributed by atoms with Crippen LogP contribution in [0.1, 0.15) is 15.9 Å². The van der Waals surface area contributed by atoms with E-state index in [0.29, 0.717) is 0 Å². The minimum Gasteiger partial charge on any atom is -0.478 e. The van der Waals surface area contributed by atoms with Crippen LogP contribution in [0.4, 0.5) is 8.78 Å². The Morgan fingerprint density at radius 1 is 1.40 bits per heavy atom. The van der Waals surface area contributed by atoms with Crippen LogP contribution in [0.15, 0.2) is 18.2 Å². The zero-order valence-corrected chi connectivity index (χ0v) is 7.71. The van der Waals surface area contributed by atoms with Gasteiger partial charge in [0.2, 0.25) is 0 Å². The van der Waals surface area contributed by atoms with Crippen molar-refractivity contribution in [3.63, 3.8) is 0 Å². The molecule has 0 bridgehead atoms. The predicted octanol–water partition coefficient (Wildman–Crippen LogP) is 1.63. The highest BCUT2D eigenvalue weighted by Gasteiger charge is 2.16. The Hall–Kier alpha value is -1.75. The van der Waals surface area contributed by atoms with Crippen molar-refractivity contribution in [2.45, 2.75) is 0 Å². The molecule has 1 aromatic rings. The molecule has 5 heteroatoms. The number of halogens is 2. The summed E-state index contributed by atoms with van der Waals surface area (Å²) in [5.74, 6) is -4.04. The Labute approximate surface area is 84.8 Å². The molecule has 0 amide bonds. The summed E-state index contributed by atoms with van der Waals surface area (Å²) in [6, 6.07) is 2.20. The average molecular weight is 213 g/mol. The first-order chi connectivity index (χ1) is 7.07. The maximum Gasteiger partial charge on any atom is 0.338 e. The van der Waals surface area contributed by atoms with Crippen molar-refractivity contribution < 1.29 is 18.7 Å². The van der Waals surface area contributed by atoms with Crippen LogP contribution < -0.4 is 5.73 Å². The van der Waals surface area contributed by atoms with Crippen molar-refractivity contribution >= 4 is 12.0 Å². The molecule has 1 aromatic carbocycles. The van der Waals surface area contributed by atoms with Crippen molar-refractivity contribution in [2.75, 3.05) is 6.54 Å². The molecule has 0 atom stereocenters. The van der Waals surface area contributed by atoms with E-state index in [2.05, 4.69) is 0 Å². The van der Waals surface area contributed by atoms with Gasteiger partial charge in [-0.2, -0.15) is 0 Å². The van der Waals surface area contributed by atoms with Crippen LogP contribution in [0.2, 0.25) is 0 Å². The molecule has 0 heterocycles. The van der Waals surface area contributed by atoms with Gasteiger partial charge in [0.15, 0.2) is 11.6 Å².